The molecule has 0 aliphatic carbocycles. The maximum atomic E-state index is 13.3. The van der Waals surface area contributed by atoms with Crippen LogP contribution in [-0.4, -0.2) is 34.2 Å². The molecule has 0 aromatic heterocycles. The van der Waals surface area contributed by atoms with Gasteiger partial charge in [-0.15, -0.1) is 11.8 Å². The van der Waals surface area contributed by atoms with E-state index < -0.39 is 10.7 Å². The molecule has 0 aliphatic rings. The molecule has 0 amide bonds. The van der Waals surface area contributed by atoms with Crippen LogP contribution in [0, 0.1) is 0 Å². The van der Waals surface area contributed by atoms with Crippen LogP contribution in [0.1, 0.15) is 175 Å². The number of thioether (sulfide) groups is 1. The zero-order valence-corrected chi connectivity index (χ0v) is 25.8. The smallest absolute Gasteiger partial charge is 0.322 e. The van der Waals surface area contributed by atoms with Gasteiger partial charge in [0.05, 0.1) is 13.0 Å². The molecule has 0 fully saturated rings. The minimum Gasteiger partial charge on any atom is -0.481 e. The zero-order valence-electron chi connectivity index (χ0n) is 25.0. The van der Waals surface area contributed by atoms with Crippen LogP contribution in [-0.2, 0) is 14.3 Å². The molecule has 5 heteroatoms. The highest BCUT2D eigenvalue weighted by atomic mass is 32.2. The molecule has 0 rings (SSSR count). The first-order valence-electron chi connectivity index (χ1n) is 16.0. The van der Waals surface area contributed by atoms with E-state index in [4.69, 9.17) is 4.74 Å². The van der Waals surface area contributed by atoms with Gasteiger partial charge in [0.25, 0.3) is 0 Å². The fourth-order valence-corrected chi connectivity index (χ4v) is 6.35. The molecule has 0 aromatic rings. The third-order valence-electron chi connectivity index (χ3n) is 7.35. The van der Waals surface area contributed by atoms with Gasteiger partial charge in [-0.05, 0) is 25.0 Å². The van der Waals surface area contributed by atoms with Crippen LogP contribution >= 0.6 is 11.8 Å². The summed E-state index contributed by atoms with van der Waals surface area (Å²) in [6.07, 6.45) is 26.9. The minimum absolute atomic E-state index is 0.125. The molecule has 220 valence electrons. The lowest BCUT2D eigenvalue weighted by atomic mass is 9.96. The van der Waals surface area contributed by atoms with Crippen LogP contribution in [0.4, 0.5) is 0 Å². The number of carbonyl (C=O) groups excluding carboxylic acids is 1. The van der Waals surface area contributed by atoms with Gasteiger partial charge >= 0.3 is 11.9 Å². The average Bonchev–Trinajstić information content (AvgIpc) is 2.88. The molecule has 0 saturated heterocycles. The van der Waals surface area contributed by atoms with Gasteiger partial charge in [0.1, 0.15) is 4.75 Å². The van der Waals surface area contributed by atoms with Crippen molar-refractivity contribution in [3.63, 3.8) is 0 Å². The van der Waals surface area contributed by atoms with E-state index in [1.807, 2.05) is 0 Å². The van der Waals surface area contributed by atoms with Crippen molar-refractivity contribution in [3.8, 4) is 0 Å². The van der Waals surface area contributed by atoms with E-state index in [-0.39, 0.29) is 12.4 Å². The lowest BCUT2D eigenvalue weighted by Gasteiger charge is -2.30. The Morgan fingerprint density at radius 2 is 1.00 bits per heavy atom. The number of esters is 1. The predicted molar refractivity (Wildman–Crippen MR) is 162 cm³/mol. The van der Waals surface area contributed by atoms with E-state index in [9.17, 15) is 14.7 Å². The Morgan fingerprint density at radius 1 is 0.595 bits per heavy atom. The van der Waals surface area contributed by atoms with Gasteiger partial charge in [0.2, 0.25) is 0 Å². The third kappa shape index (κ3) is 21.9. The molecule has 1 N–H and O–H groups in total. The number of ether oxygens (including phenoxy) is 1. The molecular weight excluding hydrogens is 480 g/mol. The predicted octanol–water partition coefficient (Wildman–Crippen LogP) is 10.5. The molecule has 0 heterocycles. The Labute approximate surface area is 234 Å². The van der Waals surface area contributed by atoms with Crippen molar-refractivity contribution < 1.29 is 19.4 Å². The van der Waals surface area contributed by atoms with Crippen molar-refractivity contribution in [1.29, 1.82) is 0 Å². The maximum absolute atomic E-state index is 13.3. The number of carboxylic acids is 1. The van der Waals surface area contributed by atoms with Crippen LogP contribution in [0.2, 0.25) is 0 Å². The Kier molecular flexibility index (Phi) is 26.4. The molecule has 37 heavy (non-hydrogen) atoms. The number of hydrogen-bond donors (Lipinski definition) is 1. The summed E-state index contributed by atoms with van der Waals surface area (Å²) >= 11 is 1.57. The maximum Gasteiger partial charge on any atom is 0.322 e. The number of aliphatic carboxylic acids is 1. The molecule has 0 bridgehead atoms. The van der Waals surface area contributed by atoms with Gasteiger partial charge in [-0.2, -0.15) is 0 Å². The number of carbonyl (C=O) groups is 2. The minimum atomic E-state index is -0.932. The Morgan fingerprint density at radius 3 is 1.46 bits per heavy atom. The number of hydrogen-bond acceptors (Lipinski definition) is 4. The van der Waals surface area contributed by atoms with Crippen molar-refractivity contribution in [1.82, 2.24) is 0 Å². The van der Waals surface area contributed by atoms with Gasteiger partial charge in [-0.1, -0.05) is 149 Å². The summed E-state index contributed by atoms with van der Waals surface area (Å²) in [5.74, 6) is -0.335. The summed E-state index contributed by atoms with van der Waals surface area (Å²) in [5, 5.41) is 9.72. The third-order valence-corrected chi connectivity index (χ3v) is 8.91. The molecule has 0 aromatic carbocycles. The van der Waals surface area contributed by atoms with Gasteiger partial charge < -0.3 is 9.84 Å². The first-order chi connectivity index (χ1) is 18.0. The quantitative estimate of drug-likeness (QED) is 0.0752. The van der Waals surface area contributed by atoms with Gasteiger partial charge in [0, 0.05) is 0 Å². The van der Waals surface area contributed by atoms with Crippen molar-refractivity contribution >= 4 is 23.7 Å². The molecule has 4 nitrogen and oxygen atoms in total. The topological polar surface area (TPSA) is 63.6 Å². The van der Waals surface area contributed by atoms with Gasteiger partial charge in [-0.25, -0.2) is 0 Å². The molecule has 0 aliphatic heterocycles. The fraction of sp³-hybridized carbons (Fsp3) is 0.938. The Hall–Kier alpha value is -0.710. The summed E-state index contributed by atoms with van der Waals surface area (Å²) in [6.45, 7) is 7.09. The van der Waals surface area contributed by atoms with Crippen LogP contribution in [0.25, 0.3) is 0 Å². The van der Waals surface area contributed by atoms with Crippen LogP contribution in [0.15, 0.2) is 0 Å². The lowest BCUT2D eigenvalue weighted by molar-refractivity contribution is -0.151. The highest BCUT2D eigenvalue weighted by molar-refractivity contribution is 8.01. The first-order valence-corrected chi connectivity index (χ1v) is 17.0. The van der Waals surface area contributed by atoms with Crippen molar-refractivity contribution in [2.45, 2.75) is 180 Å². The van der Waals surface area contributed by atoms with Crippen LogP contribution in [0.3, 0.4) is 0 Å². The molecular formula is C32H62O4S. The second-order valence-corrected chi connectivity index (χ2v) is 12.5. The van der Waals surface area contributed by atoms with Crippen LogP contribution in [0.5, 0.6) is 0 Å². The SMILES string of the molecule is CCCCCCCCCCCCSC(CCCCCCCC)(CC(=O)O)C(=O)OCCCCCCCC. The zero-order chi connectivity index (χ0) is 27.5. The molecule has 0 spiro atoms. The summed E-state index contributed by atoms with van der Waals surface area (Å²) in [6, 6.07) is 0. The summed E-state index contributed by atoms with van der Waals surface area (Å²) in [4.78, 5) is 25.2. The average molecular weight is 543 g/mol. The Balaban J connectivity index is 4.67. The normalized spacial score (nSPS) is 12.9. The second kappa shape index (κ2) is 26.9. The monoisotopic (exact) mass is 542 g/mol. The van der Waals surface area contributed by atoms with Crippen molar-refractivity contribution in [2.24, 2.45) is 0 Å². The number of carboxylic acid groups (broad SMARTS) is 1. The van der Waals surface area contributed by atoms with E-state index in [0.717, 1.165) is 50.7 Å². The van der Waals surface area contributed by atoms with Gasteiger partial charge in [-0.3, -0.25) is 9.59 Å². The van der Waals surface area contributed by atoms with Crippen molar-refractivity contribution in [3.05, 3.63) is 0 Å². The fourth-order valence-electron chi connectivity index (χ4n) is 4.92. The second-order valence-electron chi connectivity index (χ2n) is 11.0. The van der Waals surface area contributed by atoms with Gasteiger partial charge in [0.15, 0.2) is 0 Å². The van der Waals surface area contributed by atoms with Crippen molar-refractivity contribution in [2.75, 3.05) is 12.4 Å². The van der Waals surface area contributed by atoms with E-state index in [1.165, 1.54) is 96.3 Å². The number of rotatable bonds is 29. The molecule has 0 saturated carbocycles. The molecule has 0 radical (unpaired) electrons. The Bertz CT molecular complexity index is 525. The molecule has 1 atom stereocenters. The largest absolute Gasteiger partial charge is 0.481 e. The molecule has 1 unspecified atom stereocenters. The lowest BCUT2D eigenvalue weighted by Crippen LogP contribution is -2.40. The van der Waals surface area contributed by atoms with Crippen LogP contribution < -0.4 is 0 Å². The highest BCUT2D eigenvalue weighted by Crippen LogP contribution is 2.37. The summed E-state index contributed by atoms with van der Waals surface area (Å²) in [7, 11) is 0. The van der Waals surface area contributed by atoms with E-state index in [0.29, 0.717) is 13.0 Å². The highest BCUT2D eigenvalue weighted by Gasteiger charge is 2.42. The first kappa shape index (κ1) is 36.3. The number of unbranched alkanes of at least 4 members (excludes halogenated alkanes) is 19. The summed E-state index contributed by atoms with van der Waals surface area (Å²) < 4.78 is 4.81. The summed E-state index contributed by atoms with van der Waals surface area (Å²) in [5.41, 5.74) is 0. The van der Waals surface area contributed by atoms with E-state index in [1.54, 1.807) is 11.8 Å². The van der Waals surface area contributed by atoms with E-state index >= 15 is 0 Å². The van der Waals surface area contributed by atoms with E-state index in [2.05, 4.69) is 20.8 Å². The standard InChI is InChI=1S/C32H62O4S/c1-4-7-10-13-16-17-18-19-22-25-28-37-32(29-30(33)34,26-23-20-14-11-8-5-2)31(35)36-27-24-21-15-12-9-6-3/h4-29H2,1-3H3,(H,33,34).